The average Bonchev–Trinajstić information content (AvgIpc) is 2.35. The van der Waals surface area contributed by atoms with Crippen molar-refractivity contribution in [2.45, 2.75) is 77.6 Å². The van der Waals surface area contributed by atoms with Crippen molar-refractivity contribution in [3.63, 3.8) is 0 Å². The van der Waals surface area contributed by atoms with E-state index in [4.69, 9.17) is 0 Å². The summed E-state index contributed by atoms with van der Waals surface area (Å²) in [5.41, 5.74) is 0. The van der Waals surface area contributed by atoms with Gasteiger partial charge in [-0.05, 0) is 32.1 Å². The maximum absolute atomic E-state index is 3.85. The highest BCUT2D eigenvalue weighted by molar-refractivity contribution is 4.92. The SMILES string of the molecule is [CH2]CCCCCC=CCC=CCCCCCC. The van der Waals surface area contributed by atoms with E-state index in [1.54, 1.807) is 0 Å². The molecule has 0 saturated heterocycles. The second-order valence-electron chi connectivity index (χ2n) is 4.73. The fourth-order valence-corrected chi connectivity index (χ4v) is 1.81. The van der Waals surface area contributed by atoms with Crippen LogP contribution in [0.3, 0.4) is 0 Å². The Morgan fingerprint density at radius 3 is 1.82 bits per heavy atom. The van der Waals surface area contributed by atoms with Crippen molar-refractivity contribution in [2.24, 2.45) is 0 Å². The van der Waals surface area contributed by atoms with E-state index in [-0.39, 0.29) is 0 Å². The summed E-state index contributed by atoms with van der Waals surface area (Å²) in [5, 5.41) is 0. The van der Waals surface area contributed by atoms with Crippen LogP contribution >= 0.6 is 0 Å². The zero-order chi connectivity index (χ0) is 12.6. The van der Waals surface area contributed by atoms with Gasteiger partial charge in [-0.25, -0.2) is 0 Å². The van der Waals surface area contributed by atoms with Gasteiger partial charge in [0.1, 0.15) is 0 Å². The monoisotopic (exact) mass is 235 g/mol. The molecule has 0 aromatic heterocycles. The molecule has 0 atom stereocenters. The first kappa shape index (κ1) is 16.5. The molecule has 0 heteroatoms. The normalized spacial score (nSPS) is 11.9. The van der Waals surface area contributed by atoms with Gasteiger partial charge in [-0.15, -0.1) is 0 Å². The molecular weight excluding hydrogens is 204 g/mol. The highest BCUT2D eigenvalue weighted by Crippen LogP contribution is 2.05. The van der Waals surface area contributed by atoms with Crippen LogP contribution in [0.4, 0.5) is 0 Å². The Bertz CT molecular complexity index is 156. The molecule has 17 heavy (non-hydrogen) atoms. The Labute approximate surface area is 109 Å². The number of rotatable bonds is 12. The van der Waals surface area contributed by atoms with Gasteiger partial charge in [-0.2, -0.15) is 0 Å². The highest BCUT2D eigenvalue weighted by atomic mass is 13.9. The maximum atomic E-state index is 3.85. The summed E-state index contributed by atoms with van der Waals surface area (Å²) < 4.78 is 0. The molecular formula is C17H31. The Morgan fingerprint density at radius 2 is 1.29 bits per heavy atom. The minimum absolute atomic E-state index is 1.09. The van der Waals surface area contributed by atoms with Crippen LogP contribution in [0.5, 0.6) is 0 Å². The van der Waals surface area contributed by atoms with Gasteiger partial charge in [0.25, 0.3) is 0 Å². The molecule has 0 N–H and O–H groups in total. The van der Waals surface area contributed by atoms with E-state index in [1.807, 2.05) is 0 Å². The molecule has 0 heterocycles. The Kier molecular flexibility index (Phi) is 15.0. The van der Waals surface area contributed by atoms with E-state index in [1.165, 1.54) is 57.8 Å². The molecule has 99 valence electrons. The second-order valence-corrected chi connectivity index (χ2v) is 4.73. The lowest BCUT2D eigenvalue weighted by Crippen LogP contribution is -1.74. The molecule has 0 fully saturated rings. The van der Waals surface area contributed by atoms with Gasteiger partial charge in [-0.3, -0.25) is 0 Å². The minimum Gasteiger partial charge on any atom is -0.0882 e. The lowest BCUT2D eigenvalue weighted by atomic mass is 10.1. The summed E-state index contributed by atoms with van der Waals surface area (Å²) in [6.07, 6.45) is 23.4. The van der Waals surface area contributed by atoms with Crippen molar-refractivity contribution >= 4 is 0 Å². The van der Waals surface area contributed by atoms with Crippen LogP contribution < -0.4 is 0 Å². The van der Waals surface area contributed by atoms with Crippen molar-refractivity contribution in [2.75, 3.05) is 0 Å². The fraction of sp³-hybridized carbons (Fsp3) is 0.706. The van der Waals surface area contributed by atoms with Crippen LogP contribution in [0.1, 0.15) is 77.6 Å². The third kappa shape index (κ3) is 15.5. The first-order valence-electron chi connectivity index (χ1n) is 7.51. The van der Waals surface area contributed by atoms with E-state index in [9.17, 15) is 0 Å². The van der Waals surface area contributed by atoms with Crippen molar-refractivity contribution < 1.29 is 0 Å². The summed E-state index contributed by atoms with van der Waals surface area (Å²) in [4.78, 5) is 0. The van der Waals surface area contributed by atoms with Gasteiger partial charge in [0.2, 0.25) is 0 Å². The zero-order valence-electron chi connectivity index (χ0n) is 11.8. The zero-order valence-corrected chi connectivity index (χ0v) is 11.8. The van der Waals surface area contributed by atoms with E-state index < -0.39 is 0 Å². The van der Waals surface area contributed by atoms with E-state index in [0.29, 0.717) is 0 Å². The Hall–Kier alpha value is -0.520. The molecule has 0 rings (SSSR count). The lowest BCUT2D eigenvalue weighted by molar-refractivity contribution is 0.674. The molecule has 0 unspecified atom stereocenters. The molecule has 1 radical (unpaired) electrons. The first-order chi connectivity index (χ1) is 8.41. The van der Waals surface area contributed by atoms with Crippen molar-refractivity contribution in [3.8, 4) is 0 Å². The van der Waals surface area contributed by atoms with Crippen LogP contribution in [0.25, 0.3) is 0 Å². The van der Waals surface area contributed by atoms with Gasteiger partial charge in [-0.1, -0.05) is 76.7 Å². The molecule has 0 aromatic rings. The summed E-state index contributed by atoms with van der Waals surface area (Å²) in [6.45, 7) is 6.11. The van der Waals surface area contributed by atoms with Crippen LogP contribution in [-0.4, -0.2) is 0 Å². The summed E-state index contributed by atoms with van der Waals surface area (Å²) in [5.74, 6) is 0. The molecule has 0 aromatic carbocycles. The van der Waals surface area contributed by atoms with E-state index in [0.717, 1.165) is 12.8 Å². The van der Waals surface area contributed by atoms with Gasteiger partial charge in [0, 0.05) is 0 Å². The quantitative estimate of drug-likeness (QED) is 0.277. The van der Waals surface area contributed by atoms with Crippen LogP contribution in [0.2, 0.25) is 0 Å². The predicted molar refractivity (Wildman–Crippen MR) is 80.1 cm³/mol. The second kappa shape index (κ2) is 15.5. The van der Waals surface area contributed by atoms with Gasteiger partial charge < -0.3 is 0 Å². The molecule has 0 aliphatic carbocycles. The van der Waals surface area contributed by atoms with Crippen molar-refractivity contribution in [3.05, 3.63) is 31.2 Å². The lowest BCUT2D eigenvalue weighted by Gasteiger charge is -1.94. The standard InChI is InChI=1S/C17H31/c1-3-5-7-9-11-13-15-17-16-14-12-10-8-6-4-2/h13-16H,1,3-12,17H2,2H3. The number of unbranched alkanes of at least 4 members (excludes halogenated alkanes) is 8. The van der Waals surface area contributed by atoms with E-state index in [2.05, 4.69) is 38.2 Å². The first-order valence-corrected chi connectivity index (χ1v) is 7.51. The highest BCUT2D eigenvalue weighted by Gasteiger charge is 1.85. The molecule has 0 aliphatic heterocycles. The number of hydrogen-bond acceptors (Lipinski definition) is 0. The van der Waals surface area contributed by atoms with Crippen LogP contribution in [0.15, 0.2) is 24.3 Å². The number of allylic oxidation sites excluding steroid dienone is 4. The number of hydrogen-bond donors (Lipinski definition) is 0. The molecule has 0 saturated carbocycles. The molecule has 0 nitrogen and oxygen atoms in total. The topological polar surface area (TPSA) is 0 Å². The molecule has 0 amide bonds. The summed E-state index contributed by atoms with van der Waals surface area (Å²) in [7, 11) is 0. The molecule has 0 aliphatic rings. The van der Waals surface area contributed by atoms with Gasteiger partial charge in [0.15, 0.2) is 0 Å². The minimum atomic E-state index is 1.09. The Morgan fingerprint density at radius 1 is 0.706 bits per heavy atom. The molecule has 0 spiro atoms. The molecule has 0 bridgehead atoms. The smallest absolute Gasteiger partial charge is 0.0169 e. The van der Waals surface area contributed by atoms with Gasteiger partial charge in [0.05, 0.1) is 0 Å². The Balaban J connectivity index is 3.14. The van der Waals surface area contributed by atoms with Crippen molar-refractivity contribution in [1.82, 2.24) is 0 Å². The predicted octanol–water partition coefficient (Wildman–Crippen LogP) is 6.24. The fourth-order valence-electron chi connectivity index (χ4n) is 1.81. The van der Waals surface area contributed by atoms with Crippen LogP contribution in [-0.2, 0) is 0 Å². The average molecular weight is 235 g/mol. The largest absolute Gasteiger partial charge is 0.0882 e. The maximum Gasteiger partial charge on any atom is -0.0169 e. The van der Waals surface area contributed by atoms with Crippen molar-refractivity contribution in [1.29, 1.82) is 0 Å². The van der Waals surface area contributed by atoms with Gasteiger partial charge >= 0.3 is 0 Å². The van der Waals surface area contributed by atoms with E-state index >= 15 is 0 Å². The van der Waals surface area contributed by atoms with Crippen LogP contribution in [0, 0.1) is 6.92 Å². The third-order valence-corrected chi connectivity index (χ3v) is 2.95. The third-order valence-electron chi connectivity index (χ3n) is 2.95. The summed E-state index contributed by atoms with van der Waals surface area (Å²) in [6, 6.07) is 0. The summed E-state index contributed by atoms with van der Waals surface area (Å²) >= 11 is 0.